The Labute approximate surface area is 159 Å². The maximum absolute atomic E-state index is 12.4. The Morgan fingerprint density at radius 1 is 1.19 bits per heavy atom. The molecule has 0 saturated carbocycles. The monoisotopic (exact) mass is 382 g/mol. The molecule has 0 aliphatic carbocycles. The van der Waals surface area contributed by atoms with E-state index in [0.29, 0.717) is 27.0 Å². The van der Waals surface area contributed by atoms with Crippen molar-refractivity contribution in [2.24, 2.45) is 0 Å². The number of halogens is 1. The van der Waals surface area contributed by atoms with Crippen LogP contribution in [0.15, 0.2) is 64.7 Å². The fourth-order valence-corrected chi connectivity index (χ4v) is 3.82. The van der Waals surface area contributed by atoms with Gasteiger partial charge in [-0.15, -0.1) is 0 Å². The lowest BCUT2D eigenvalue weighted by Gasteiger charge is -2.06. The summed E-state index contributed by atoms with van der Waals surface area (Å²) in [6.07, 6.45) is 1.55. The first kappa shape index (κ1) is 16.9. The van der Waals surface area contributed by atoms with E-state index in [1.807, 2.05) is 55.5 Å². The van der Waals surface area contributed by atoms with Crippen molar-refractivity contribution in [3.05, 3.63) is 81.2 Å². The summed E-state index contributed by atoms with van der Waals surface area (Å²) >= 11 is 7.63. The topological polar surface area (TPSA) is 63.6 Å². The first-order chi connectivity index (χ1) is 12.6. The second kappa shape index (κ2) is 6.97. The van der Waals surface area contributed by atoms with Crippen LogP contribution in [0.5, 0.6) is 0 Å². The summed E-state index contributed by atoms with van der Waals surface area (Å²) in [5.41, 5.74) is 3.33. The molecular formula is C19H15ClN4OS. The van der Waals surface area contributed by atoms with Crippen LogP contribution >= 0.6 is 23.4 Å². The van der Waals surface area contributed by atoms with Crippen molar-refractivity contribution in [2.75, 3.05) is 0 Å². The number of fused-ring (bicyclic) bond motifs is 1. The van der Waals surface area contributed by atoms with E-state index >= 15 is 0 Å². The van der Waals surface area contributed by atoms with Crippen LogP contribution in [0.3, 0.4) is 0 Å². The average molecular weight is 383 g/mol. The molecule has 0 bridgehead atoms. The van der Waals surface area contributed by atoms with Crippen LogP contribution in [-0.4, -0.2) is 19.7 Å². The number of aromatic nitrogens is 4. The fraction of sp³-hybridized carbons (Fsp3) is 0.105. The first-order valence-corrected chi connectivity index (χ1v) is 9.39. The summed E-state index contributed by atoms with van der Waals surface area (Å²) in [7, 11) is 0. The second-order valence-electron chi connectivity index (χ2n) is 5.88. The highest BCUT2D eigenvalue weighted by Crippen LogP contribution is 2.25. The molecule has 0 amide bonds. The molecule has 1 N–H and O–H groups in total. The normalized spacial score (nSPS) is 11.2. The van der Waals surface area contributed by atoms with Crippen molar-refractivity contribution in [3.8, 4) is 5.69 Å². The van der Waals surface area contributed by atoms with E-state index in [4.69, 9.17) is 11.6 Å². The molecule has 2 heterocycles. The molecule has 0 fully saturated rings. The number of hydrogen-bond donors (Lipinski definition) is 1. The third-order valence-corrected chi connectivity index (χ3v) is 5.28. The van der Waals surface area contributed by atoms with Gasteiger partial charge >= 0.3 is 0 Å². The second-order valence-corrected chi connectivity index (χ2v) is 7.26. The van der Waals surface area contributed by atoms with Crippen LogP contribution in [0, 0.1) is 6.92 Å². The lowest BCUT2D eigenvalue weighted by molar-refractivity contribution is 0.872. The Kier molecular flexibility index (Phi) is 4.53. The quantitative estimate of drug-likeness (QED) is 0.420. The number of rotatable bonds is 4. The van der Waals surface area contributed by atoms with Crippen LogP contribution < -0.4 is 5.56 Å². The van der Waals surface area contributed by atoms with E-state index in [2.05, 4.69) is 15.1 Å². The highest BCUT2D eigenvalue weighted by atomic mass is 35.5. The SMILES string of the molecule is Cc1cccc(-n2ncc3c(=O)[nH]c(SCc4ccccc4Cl)nc32)c1. The van der Waals surface area contributed by atoms with Crippen LogP contribution in [0.25, 0.3) is 16.7 Å². The Morgan fingerprint density at radius 3 is 2.85 bits per heavy atom. The van der Waals surface area contributed by atoms with Crippen LogP contribution in [0.1, 0.15) is 11.1 Å². The van der Waals surface area contributed by atoms with Crippen molar-refractivity contribution < 1.29 is 0 Å². The minimum absolute atomic E-state index is 0.199. The van der Waals surface area contributed by atoms with Gasteiger partial charge in [-0.25, -0.2) is 9.67 Å². The summed E-state index contributed by atoms with van der Waals surface area (Å²) in [6.45, 7) is 2.01. The molecule has 0 radical (unpaired) electrons. The van der Waals surface area contributed by atoms with Gasteiger partial charge in [0.2, 0.25) is 0 Å². The van der Waals surface area contributed by atoms with Crippen LogP contribution in [0.4, 0.5) is 0 Å². The van der Waals surface area contributed by atoms with Gasteiger partial charge in [-0.3, -0.25) is 4.79 Å². The van der Waals surface area contributed by atoms with E-state index in [1.54, 1.807) is 10.9 Å². The summed E-state index contributed by atoms with van der Waals surface area (Å²) in [4.78, 5) is 19.8. The number of hydrogen-bond acceptors (Lipinski definition) is 4. The smallest absolute Gasteiger partial charge is 0.262 e. The molecule has 2 aromatic heterocycles. The number of aryl methyl sites for hydroxylation is 1. The van der Waals surface area contributed by atoms with Crippen molar-refractivity contribution in [3.63, 3.8) is 0 Å². The van der Waals surface area contributed by atoms with E-state index in [0.717, 1.165) is 16.8 Å². The average Bonchev–Trinajstić information content (AvgIpc) is 3.06. The maximum atomic E-state index is 12.4. The Hall–Kier alpha value is -2.57. The molecule has 4 rings (SSSR count). The van der Waals surface area contributed by atoms with Crippen molar-refractivity contribution in [2.45, 2.75) is 17.8 Å². The number of H-pyrrole nitrogens is 1. The summed E-state index contributed by atoms with van der Waals surface area (Å²) in [5, 5.41) is 6.05. The van der Waals surface area contributed by atoms with Gasteiger partial charge in [0.15, 0.2) is 10.8 Å². The zero-order chi connectivity index (χ0) is 18.1. The molecule has 0 spiro atoms. The van der Waals surface area contributed by atoms with Crippen LogP contribution in [0.2, 0.25) is 5.02 Å². The highest BCUT2D eigenvalue weighted by molar-refractivity contribution is 7.98. The number of thioether (sulfide) groups is 1. The maximum Gasteiger partial charge on any atom is 0.262 e. The summed E-state index contributed by atoms with van der Waals surface area (Å²) in [6, 6.07) is 15.6. The Balaban J connectivity index is 1.72. The lowest BCUT2D eigenvalue weighted by atomic mass is 10.2. The predicted molar refractivity (Wildman–Crippen MR) is 105 cm³/mol. The number of nitrogens with one attached hydrogen (secondary N) is 1. The van der Waals surface area contributed by atoms with Gasteiger partial charge in [0.25, 0.3) is 5.56 Å². The van der Waals surface area contributed by atoms with E-state index in [9.17, 15) is 4.79 Å². The molecule has 5 nitrogen and oxygen atoms in total. The third kappa shape index (κ3) is 3.25. The van der Waals surface area contributed by atoms with Gasteiger partial charge < -0.3 is 4.98 Å². The third-order valence-electron chi connectivity index (χ3n) is 3.98. The number of aromatic amines is 1. The molecule has 7 heteroatoms. The van der Waals surface area contributed by atoms with Gasteiger partial charge in [-0.1, -0.05) is 53.7 Å². The molecule has 0 unspecified atom stereocenters. The number of benzene rings is 2. The van der Waals surface area contributed by atoms with Crippen molar-refractivity contribution in [1.82, 2.24) is 19.7 Å². The number of nitrogens with zero attached hydrogens (tertiary/aromatic N) is 3. The lowest BCUT2D eigenvalue weighted by Crippen LogP contribution is -2.09. The molecule has 0 aliphatic heterocycles. The molecule has 0 aliphatic rings. The van der Waals surface area contributed by atoms with E-state index < -0.39 is 0 Å². The zero-order valence-corrected chi connectivity index (χ0v) is 15.5. The molecule has 26 heavy (non-hydrogen) atoms. The Bertz CT molecular complexity index is 1150. The van der Waals surface area contributed by atoms with Gasteiger partial charge in [0, 0.05) is 10.8 Å². The molecular weight excluding hydrogens is 368 g/mol. The summed E-state index contributed by atoms with van der Waals surface area (Å²) < 4.78 is 1.69. The molecule has 0 atom stereocenters. The zero-order valence-electron chi connectivity index (χ0n) is 13.9. The minimum atomic E-state index is -0.199. The Morgan fingerprint density at radius 2 is 2.04 bits per heavy atom. The van der Waals surface area contributed by atoms with Crippen LogP contribution in [-0.2, 0) is 5.75 Å². The van der Waals surface area contributed by atoms with Gasteiger partial charge in [-0.2, -0.15) is 5.10 Å². The molecule has 0 saturated heterocycles. The summed E-state index contributed by atoms with van der Waals surface area (Å²) in [5.74, 6) is 0.618. The largest absolute Gasteiger partial charge is 0.301 e. The van der Waals surface area contributed by atoms with Gasteiger partial charge in [0.05, 0.1) is 11.9 Å². The van der Waals surface area contributed by atoms with Crippen molar-refractivity contribution >= 4 is 34.4 Å². The molecule has 4 aromatic rings. The molecule has 2 aromatic carbocycles. The van der Waals surface area contributed by atoms with E-state index in [-0.39, 0.29) is 5.56 Å². The van der Waals surface area contributed by atoms with Crippen molar-refractivity contribution in [1.29, 1.82) is 0 Å². The van der Waals surface area contributed by atoms with Gasteiger partial charge in [0.1, 0.15) is 5.39 Å². The predicted octanol–water partition coefficient (Wildman–Crippen LogP) is 4.36. The van der Waals surface area contributed by atoms with E-state index in [1.165, 1.54) is 11.8 Å². The highest BCUT2D eigenvalue weighted by Gasteiger charge is 2.12. The minimum Gasteiger partial charge on any atom is -0.301 e. The fourth-order valence-electron chi connectivity index (χ4n) is 2.68. The molecule has 130 valence electrons. The first-order valence-electron chi connectivity index (χ1n) is 8.03. The van der Waals surface area contributed by atoms with Gasteiger partial charge in [-0.05, 0) is 36.2 Å². The standard InChI is InChI=1S/C19H15ClN4OS/c1-12-5-4-7-14(9-12)24-17-15(10-21-24)18(25)23-19(22-17)26-11-13-6-2-3-8-16(13)20/h2-10H,11H2,1H3,(H,22,23,25).